The van der Waals surface area contributed by atoms with Crippen LogP contribution >= 0.6 is 23.4 Å². The Labute approximate surface area is 208 Å². The van der Waals surface area contributed by atoms with Gasteiger partial charge in [-0.15, -0.1) is 0 Å². The van der Waals surface area contributed by atoms with Gasteiger partial charge in [-0.3, -0.25) is 0 Å². The first kappa shape index (κ1) is 24.0. The monoisotopic (exact) mass is 506 g/mol. The summed E-state index contributed by atoms with van der Waals surface area (Å²) < 4.78 is 5.83. The van der Waals surface area contributed by atoms with E-state index in [-0.39, 0.29) is 36.8 Å². The van der Waals surface area contributed by atoms with E-state index in [1.54, 1.807) is 12.4 Å². The Bertz CT molecular complexity index is 1040. The summed E-state index contributed by atoms with van der Waals surface area (Å²) in [6.45, 7) is 5.07. The maximum atomic E-state index is 10.0. The molecule has 1 unspecified atom stereocenters. The summed E-state index contributed by atoms with van der Waals surface area (Å²) in [5, 5.41) is 20.7. The molecule has 3 atom stereocenters. The maximum Gasteiger partial charge on any atom is 0.152 e. The molecule has 0 saturated carbocycles. The van der Waals surface area contributed by atoms with Crippen molar-refractivity contribution in [3.63, 3.8) is 0 Å². The summed E-state index contributed by atoms with van der Waals surface area (Å²) in [6.07, 6.45) is 6.32. The molecule has 3 aliphatic heterocycles. The molecule has 0 radical (unpaired) electrons. The van der Waals surface area contributed by atoms with Gasteiger partial charge in [0.2, 0.25) is 0 Å². The summed E-state index contributed by atoms with van der Waals surface area (Å²) in [4.78, 5) is 18.8. The van der Waals surface area contributed by atoms with Crippen molar-refractivity contribution in [3.05, 3.63) is 29.2 Å². The van der Waals surface area contributed by atoms with Crippen LogP contribution in [0.3, 0.4) is 0 Å². The smallest absolute Gasteiger partial charge is 0.152 e. The lowest BCUT2D eigenvalue weighted by molar-refractivity contribution is 0.0973. The normalized spacial score (nSPS) is 26.2. The van der Waals surface area contributed by atoms with Crippen LogP contribution in [0, 0.1) is 5.41 Å². The minimum Gasteiger partial charge on any atom is -0.394 e. The van der Waals surface area contributed by atoms with Gasteiger partial charge >= 0.3 is 0 Å². The molecule has 184 valence electrons. The summed E-state index contributed by atoms with van der Waals surface area (Å²) in [7, 11) is 0. The highest BCUT2D eigenvalue weighted by molar-refractivity contribution is 7.99. The van der Waals surface area contributed by atoms with Crippen LogP contribution in [-0.4, -0.2) is 76.2 Å². The first-order valence-corrected chi connectivity index (χ1v) is 12.9. The predicted octanol–water partition coefficient (Wildman–Crippen LogP) is 2.07. The molecular weight excluding hydrogens is 476 g/mol. The summed E-state index contributed by atoms with van der Waals surface area (Å²) >= 11 is 8.06. The molecule has 2 aromatic rings. The fraction of sp³-hybridized carbons (Fsp3) is 0.609. The van der Waals surface area contributed by atoms with E-state index in [1.807, 2.05) is 17.9 Å². The van der Waals surface area contributed by atoms with E-state index in [0.29, 0.717) is 28.2 Å². The van der Waals surface area contributed by atoms with Crippen molar-refractivity contribution < 1.29 is 14.9 Å². The second kappa shape index (κ2) is 9.75. The first-order valence-electron chi connectivity index (χ1n) is 11.7. The van der Waals surface area contributed by atoms with Crippen molar-refractivity contribution in [2.24, 2.45) is 11.1 Å². The number of ether oxygens (including phenoxy) is 1. The van der Waals surface area contributed by atoms with Crippen LogP contribution in [0.4, 0.5) is 11.6 Å². The Balaban J connectivity index is 1.31. The molecule has 11 heteroatoms. The zero-order chi connectivity index (χ0) is 23.9. The van der Waals surface area contributed by atoms with E-state index in [2.05, 4.69) is 19.9 Å². The van der Waals surface area contributed by atoms with Crippen molar-refractivity contribution in [1.29, 1.82) is 0 Å². The third kappa shape index (κ3) is 4.25. The van der Waals surface area contributed by atoms with Gasteiger partial charge in [0.05, 0.1) is 43.2 Å². The number of halogens is 1. The number of aromatic nitrogens is 3. The highest BCUT2D eigenvalue weighted by Crippen LogP contribution is 2.43. The first-order chi connectivity index (χ1) is 16.5. The molecule has 3 aliphatic rings. The lowest BCUT2D eigenvalue weighted by Crippen LogP contribution is -2.51. The van der Waals surface area contributed by atoms with Crippen LogP contribution in [0.15, 0.2) is 28.4 Å². The van der Waals surface area contributed by atoms with Crippen molar-refractivity contribution >= 4 is 35.0 Å². The van der Waals surface area contributed by atoms with Crippen LogP contribution in [0.2, 0.25) is 5.02 Å². The van der Waals surface area contributed by atoms with Crippen LogP contribution in [0.25, 0.3) is 0 Å². The molecule has 3 saturated heterocycles. The molecule has 2 aromatic heterocycles. The maximum absolute atomic E-state index is 10.0. The van der Waals surface area contributed by atoms with Crippen molar-refractivity contribution in [2.45, 2.75) is 60.9 Å². The summed E-state index contributed by atoms with van der Waals surface area (Å²) in [5.41, 5.74) is 7.02. The standard InChI is InChI=1S/C23H31ClN6O3S/c1-14-20(25)23(13-33-14)4-8-29(9-5-23)21-16(12-32)28-18(10-27-21)34-17-2-6-26-22(19(17)24)30-7-3-15(30)11-31/h2,6,10,14-15,20,31-32H,3-5,7-9,11-13,25H2,1H3/t14-,15?,20+/m0/s1. The van der Waals surface area contributed by atoms with Gasteiger partial charge in [-0.05, 0) is 32.3 Å². The van der Waals surface area contributed by atoms with Gasteiger partial charge < -0.3 is 30.5 Å². The lowest BCUT2D eigenvalue weighted by atomic mass is 9.73. The number of nitrogens with two attached hydrogens (primary N) is 1. The Morgan fingerprint density at radius 1 is 1.24 bits per heavy atom. The number of pyridine rings is 1. The number of rotatable bonds is 6. The summed E-state index contributed by atoms with van der Waals surface area (Å²) in [5.74, 6) is 1.39. The predicted molar refractivity (Wildman–Crippen MR) is 131 cm³/mol. The van der Waals surface area contributed by atoms with Crippen LogP contribution < -0.4 is 15.5 Å². The molecule has 1 spiro atoms. The van der Waals surface area contributed by atoms with E-state index < -0.39 is 0 Å². The highest BCUT2D eigenvalue weighted by atomic mass is 35.5. The van der Waals surface area contributed by atoms with Gasteiger partial charge in [0, 0.05) is 42.2 Å². The number of hydrogen-bond acceptors (Lipinski definition) is 10. The van der Waals surface area contributed by atoms with E-state index >= 15 is 0 Å². The van der Waals surface area contributed by atoms with E-state index in [0.717, 1.165) is 49.6 Å². The molecule has 0 amide bonds. The molecule has 34 heavy (non-hydrogen) atoms. The van der Waals surface area contributed by atoms with Crippen LogP contribution in [0.1, 0.15) is 31.9 Å². The zero-order valence-corrected chi connectivity index (χ0v) is 20.8. The fourth-order valence-electron chi connectivity index (χ4n) is 5.18. The topological polar surface area (TPSA) is 121 Å². The van der Waals surface area contributed by atoms with Crippen LogP contribution in [-0.2, 0) is 11.3 Å². The molecular formula is C23H31ClN6O3S. The number of nitrogens with zero attached hydrogens (tertiary/aromatic N) is 5. The number of aliphatic hydroxyl groups is 2. The third-order valence-electron chi connectivity index (χ3n) is 7.53. The molecule has 5 heterocycles. The van der Waals surface area contributed by atoms with Crippen LogP contribution in [0.5, 0.6) is 0 Å². The third-order valence-corrected chi connectivity index (χ3v) is 8.98. The van der Waals surface area contributed by atoms with E-state index in [9.17, 15) is 10.2 Å². The molecule has 0 aromatic carbocycles. The second-order valence-electron chi connectivity index (χ2n) is 9.40. The van der Waals surface area contributed by atoms with Gasteiger partial charge in [0.1, 0.15) is 16.5 Å². The average molecular weight is 507 g/mol. The SMILES string of the molecule is C[C@@H]1OCC2(CCN(c3ncc(Sc4ccnc(N5CCC5CO)c4Cl)nc3CO)CC2)[C@@H]1N. The van der Waals surface area contributed by atoms with Gasteiger partial charge in [-0.25, -0.2) is 15.0 Å². The Hall–Kier alpha value is -1.69. The molecule has 5 rings (SSSR count). The Morgan fingerprint density at radius 3 is 2.65 bits per heavy atom. The fourth-order valence-corrected chi connectivity index (χ4v) is 6.31. The van der Waals surface area contributed by atoms with Crippen molar-refractivity contribution in [3.8, 4) is 0 Å². The number of anilines is 2. The van der Waals surface area contributed by atoms with Gasteiger partial charge in [0.25, 0.3) is 0 Å². The van der Waals surface area contributed by atoms with E-state index in [4.69, 9.17) is 22.1 Å². The average Bonchev–Trinajstić information content (AvgIpc) is 3.10. The minimum atomic E-state index is -0.195. The quantitative estimate of drug-likeness (QED) is 0.536. The molecule has 4 N–H and O–H groups in total. The van der Waals surface area contributed by atoms with Gasteiger partial charge in [0.15, 0.2) is 5.82 Å². The van der Waals surface area contributed by atoms with E-state index in [1.165, 1.54) is 11.8 Å². The largest absolute Gasteiger partial charge is 0.394 e. The molecule has 0 aliphatic carbocycles. The lowest BCUT2D eigenvalue weighted by Gasteiger charge is -2.41. The Morgan fingerprint density at radius 2 is 2.03 bits per heavy atom. The second-order valence-corrected chi connectivity index (χ2v) is 10.8. The molecule has 0 bridgehead atoms. The van der Waals surface area contributed by atoms with Gasteiger partial charge in [-0.2, -0.15) is 0 Å². The minimum absolute atomic E-state index is 0.0276. The molecule has 3 fully saturated rings. The zero-order valence-electron chi connectivity index (χ0n) is 19.2. The number of hydrogen-bond donors (Lipinski definition) is 3. The molecule has 9 nitrogen and oxygen atoms in total. The summed E-state index contributed by atoms with van der Waals surface area (Å²) in [6, 6.07) is 1.95. The van der Waals surface area contributed by atoms with Crippen molar-refractivity contribution in [2.75, 3.05) is 42.6 Å². The van der Waals surface area contributed by atoms with Crippen molar-refractivity contribution in [1.82, 2.24) is 15.0 Å². The van der Waals surface area contributed by atoms with Gasteiger partial charge in [-0.1, -0.05) is 23.4 Å². The Kier molecular flexibility index (Phi) is 6.89. The number of piperidine rings is 1. The highest BCUT2D eigenvalue weighted by Gasteiger charge is 2.47. The number of aliphatic hydroxyl groups excluding tert-OH is 2.